The molecule has 18 heavy (non-hydrogen) atoms. The molecule has 0 saturated carbocycles. The average Bonchev–Trinajstić information content (AvgIpc) is 2.41. The number of pyridine rings is 1. The van der Waals surface area contributed by atoms with Crippen LogP contribution in [0.15, 0.2) is 18.3 Å². The standard InChI is InChI=1S/C13H20N2O2S/c1-4-13(5-2,18-3)9-15-10-6-7-11(12(16)17)14-8-10/h6-8,15H,4-5,9H2,1-3H3,(H,16,17). The fourth-order valence-corrected chi connectivity index (χ4v) is 2.54. The quantitative estimate of drug-likeness (QED) is 0.795. The zero-order valence-corrected chi connectivity index (χ0v) is 11.9. The number of nitrogens with one attached hydrogen (secondary N) is 1. The summed E-state index contributed by atoms with van der Waals surface area (Å²) in [5, 5.41) is 12.1. The molecule has 1 heterocycles. The fraction of sp³-hybridized carbons (Fsp3) is 0.538. The number of aromatic nitrogens is 1. The van der Waals surface area contributed by atoms with Crippen molar-refractivity contribution in [2.75, 3.05) is 18.1 Å². The lowest BCUT2D eigenvalue weighted by Crippen LogP contribution is -2.32. The first-order valence-electron chi connectivity index (χ1n) is 6.05. The first-order valence-corrected chi connectivity index (χ1v) is 7.27. The number of hydrogen-bond donors (Lipinski definition) is 2. The summed E-state index contributed by atoms with van der Waals surface area (Å²) in [5.41, 5.74) is 0.933. The molecule has 5 heteroatoms. The number of aromatic carboxylic acids is 1. The number of hydrogen-bond acceptors (Lipinski definition) is 4. The van der Waals surface area contributed by atoms with E-state index >= 15 is 0 Å². The third-order valence-corrected chi connectivity index (χ3v) is 4.91. The van der Waals surface area contributed by atoms with Gasteiger partial charge in [0.15, 0.2) is 0 Å². The van der Waals surface area contributed by atoms with E-state index in [1.807, 2.05) is 11.8 Å². The van der Waals surface area contributed by atoms with Crippen LogP contribution in [0.3, 0.4) is 0 Å². The molecule has 1 aromatic rings. The number of rotatable bonds is 7. The minimum absolute atomic E-state index is 0.0719. The Morgan fingerprint density at radius 1 is 1.44 bits per heavy atom. The van der Waals surface area contributed by atoms with E-state index in [1.165, 1.54) is 6.07 Å². The molecular weight excluding hydrogens is 248 g/mol. The van der Waals surface area contributed by atoms with Gasteiger partial charge in [0.2, 0.25) is 0 Å². The summed E-state index contributed by atoms with van der Waals surface area (Å²) in [5.74, 6) is -0.998. The van der Waals surface area contributed by atoms with Gasteiger partial charge in [-0.15, -0.1) is 0 Å². The van der Waals surface area contributed by atoms with Gasteiger partial charge in [0.1, 0.15) is 5.69 Å². The van der Waals surface area contributed by atoms with Crippen molar-refractivity contribution in [1.29, 1.82) is 0 Å². The highest BCUT2D eigenvalue weighted by atomic mass is 32.2. The van der Waals surface area contributed by atoms with Crippen LogP contribution in [-0.2, 0) is 0 Å². The Morgan fingerprint density at radius 3 is 2.50 bits per heavy atom. The van der Waals surface area contributed by atoms with E-state index in [4.69, 9.17) is 5.11 Å². The summed E-state index contributed by atoms with van der Waals surface area (Å²) in [4.78, 5) is 14.6. The van der Waals surface area contributed by atoms with Crippen LogP contribution >= 0.6 is 11.8 Å². The maximum absolute atomic E-state index is 10.7. The molecule has 0 fully saturated rings. The summed E-state index contributed by atoms with van der Waals surface area (Å²) in [6, 6.07) is 3.27. The minimum Gasteiger partial charge on any atom is -0.477 e. The Morgan fingerprint density at radius 2 is 2.11 bits per heavy atom. The van der Waals surface area contributed by atoms with Crippen molar-refractivity contribution in [3.8, 4) is 0 Å². The van der Waals surface area contributed by atoms with Gasteiger partial charge in [-0.05, 0) is 31.2 Å². The second kappa shape index (κ2) is 6.64. The molecule has 0 aliphatic heterocycles. The SMILES string of the molecule is CCC(CC)(CNc1ccc(C(=O)O)nc1)SC. The molecule has 0 spiro atoms. The van der Waals surface area contributed by atoms with Crippen LogP contribution in [-0.4, -0.2) is 33.6 Å². The molecule has 100 valence electrons. The molecule has 0 aromatic carbocycles. The Bertz CT molecular complexity index is 380. The van der Waals surface area contributed by atoms with Gasteiger partial charge in [0.05, 0.1) is 11.9 Å². The van der Waals surface area contributed by atoms with Gasteiger partial charge >= 0.3 is 5.97 Å². The van der Waals surface area contributed by atoms with Crippen LogP contribution in [0.25, 0.3) is 0 Å². The predicted octanol–water partition coefficient (Wildman–Crippen LogP) is 3.11. The van der Waals surface area contributed by atoms with E-state index in [2.05, 4.69) is 30.4 Å². The predicted molar refractivity (Wildman–Crippen MR) is 76.5 cm³/mol. The molecule has 0 unspecified atom stereocenters. The molecule has 0 atom stereocenters. The Kier molecular flexibility index (Phi) is 5.47. The van der Waals surface area contributed by atoms with Crippen LogP contribution in [0.1, 0.15) is 37.2 Å². The number of anilines is 1. The number of carboxylic acids is 1. The number of carboxylic acid groups (broad SMARTS) is 1. The van der Waals surface area contributed by atoms with Crippen LogP contribution in [0, 0.1) is 0 Å². The number of thioether (sulfide) groups is 1. The van der Waals surface area contributed by atoms with E-state index in [0.717, 1.165) is 25.1 Å². The molecule has 1 aromatic heterocycles. The first-order chi connectivity index (χ1) is 8.56. The van der Waals surface area contributed by atoms with Crippen molar-refractivity contribution < 1.29 is 9.90 Å². The maximum atomic E-state index is 10.7. The van der Waals surface area contributed by atoms with Crippen molar-refractivity contribution >= 4 is 23.4 Å². The molecule has 0 amide bonds. The minimum atomic E-state index is -0.998. The molecular formula is C13H20N2O2S. The highest BCUT2D eigenvalue weighted by Crippen LogP contribution is 2.30. The second-order valence-electron chi connectivity index (χ2n) is 4.19. The van der Waals surface area contributed by atoms with Gasteiger partial charge in [-0.25, -0.2) is 9.78 Å². The van der Waals surface area contributed by atoms with Crippen molar-refractivity contribution in [2.24, 2.45) is 0 Å². The van der Waals surface area contributed by atoms with Crippen LogP contribution in [0.2, 0.25) is 0 Å². The van der Waals surface area contributed by atoms with Crippen LogP contribution in [0.5, 0.6) is 0 Å². The van der Waals surface area contributed by atoms with Gasteiger partial charge in [-0.2, -0.15) is 11.8 Å². The molecule has 0 radical (unpaired) electrons. The van der Waals surface area contributed by atoms with Gasteiger partial charge in [-0.3, -0.25) is 0 Å². The fourth-order valence-electron chi connectivity index (χ4n) is 1.75. The average molecular weight is 268 g/mol. The Hall–Kier alpha value is -1.23. The van der Waals surface area contributed by atoms with Gasteiger partial charge < -0.3 is 10.4 Å². The molecule has 0 saturated heterocycles. The lowest BCUT2D eigenvalue weighted by atomic mass is 10.0. The second-order valence-corrected chi connectivity index (χ2v) is 5.46. The summed E-state index contributed by atoms with van der Waals surface area (Å²) in [6.45, 7) is 5.23. The van der Waals surface area contributed by atoms with Crippen LogP contribution < -0.4 is 5.32 Å². The monoisotopic (exact) mass is 268 g/mol. The van der Waals surface area contributed by atoms with E-state index in [1.54, 1.807) is 12.3 Å². The van der Waals surface area contributed by atoms with E-state index in [-0.39, 0.29) is 10.4 Å². The highest BCUT2D eigenvalue weighted by molar-refractivity contribution is 8.00. The van der Waals surface area contributed by atoms with E-state index < -0.39 is 5.97 Å². The van der Waals surface area contributed by atoms with Gasteiger partial charge in [0, 0.05) is 11.3 Å². The van der Waals surface area contributed by atoms with Crippen LogP contribution in [0.4, 0.5) is 5.69 Å². The van der Waals surface area contributed by atoms with Gasteiger partial charge in [-0.1, -0.05) is 13.8 Å². The van der Waals surface area contributed by atoms with E-state index in [9.17, 15) is 4.79 Å². The molecule has 0 aliphatic rings. The normalized spacial score (nSPS) is 11.3. The lowest BCUT2D eigenvalue weighted by Gasteiger charge is -2.30. The third-order valence-electron chi connectivity index (χ3n) is 3.32. The zero-order chi connectivity index (χ0) is 13.6. The summed E-state index contributed by atoms with van der Waals surface area (Å²) >= 11 is 1.87. The first kappa shape index (κ1) is 14.8. The van der Waals surface area contributed by atoms with Crippen molar-refractivity contribution in [3.05, 3.63) is 24.0 Å². The summed E-state index contributed by atoms with van der Waals surface area (Å²) in [7, 11) is 0. The molecule has 0 bridgehead atoms. The van der Waals surface area contributed by atoms with E-state index in [0.29, 0.717) is 0 Å². The zero-order valence-electron chi connectivity index (χ0n) is 11.1. The molecule has 4 nitrogen and oxygen atoms in total. The smallest absolute Gasteiger partial charge is 0.354 e. The largest absolute Gasteiger partial charge is 0.477 e. The molecule has 0 aliphatic carbocycles. The molecule has 2 N–H and O–H groups in total. The Balaban J connectivity index is 2.65. The van der Waals surface area contributed by atoms with Gasteiger partial charge in [0.25, 0.3) is 0 Å². The summed E-state index contributed by atoms with van der Waals surface area (Å²) < 4.78 is 0.228. The maximum Gasteiger partial charge on any atom is 0.354 e. The number of carbonyl (C=O) groups is 1. The lowest BCUT2D eigenvalue weighted by molar-refractivity contribution is 0.0690. The van der Waals surface area contributed by atoms with Crippen molar-refractivity contribution in [2.45, 2.75) is 31.4 Å². The third kappa shape index (κ3) is 3.63. The Labute approximate surface area is 112 Å². The van der Waals surface area contributed by atoms with Crippen molar-refractivity contribution in [1.82, 2.24) is 4.98 Å². The highest BCUT2D eigenvalue weighted by Gasteiger charge is 2.24. The summed E-state index contributed by atoms with van der Waals surface area (Å²) in [6.07, 6.45) is 5.89. The van der Waals surface area contributed by atoms with Crippen molar-refractivity contribution in [3.63, 3.8) is 0 Å². The number of nitrogens with zero attached hydrogens (tertiary/aromatic N) is 1. The topological polar surface area (TPSA) is 62.2 Å². The molecule has 1 rings (SSSR count).